The highest BCUT2D eigenvalue weighted by molar-refractivity contribution is 5.89. The molecular weight excluding hydrogens is 228 g/mol. The molecular formula is C14H24N2O2. The Bertz CT molecular complexity index is 324. The number of carbonyl (C=O) groups is 2. The molecule has 18 heavy (non-hydrogen) atoms. The normalized spacial score (nSPS) is 25.6. The molecule has 0 bridgehead atoms. The van der Waals surface area contributed by atoms with Gasteiger partial charge in [-0.25, -0.2) is 0 Å². The third-order valence-corrected chi connectivity index (χ3v) is 4.32. The summed E-state index contributed by atoms with van der Waals surface area (Å²) in [5, 5.41) is 0. The minimum Gasteiger partial charge on any atom is -0.345 e. The Balaban J connectivity index is 1.83. The fourth-order valence-electron chi connectivity index (χ4n) is 3.19. The van der Waals surface area contributed by atoms with Crippen LogP contribution in [0, 0.1) is 11.8 Å². The number of nitrogens with zero attached hydrogens (tertiary/aromatic N) is 2. The summed E-state index contributed by atoms with van der Waals surface area (Å²) in [6.07, 6.45) is 6.84. The Morgan fingerprint density at radius 2 is 2.00 bits per heavy atom. The molecule has 1 aliphatic heterocycles. The summed E-state index contributed by atoms with van der Waals surface area (Å²) in [6, 6.07) is 0. The van der Waals surface area contributed by atoms with Crippen LogP contribution in [-0.2, 0) is 9.59 Å². The fourth-order valence-corrected chi connectivity index (χ4v) is 3.19. The summed E-state index contributed by atoms with van der Waals surface area (Å²) in [6.45, 7) is 1.46. The minimum atomic E-state index is -0.115. The van der Waals surface area contributed by atoms with E-state index in [1.807, 2.05) is 11.9 Å². The zero-order chi connectivity index (χ0) is 13.1. The SMILES string of the molecule is CN1CC(C(=O)N(C)CC2CCCCC2)CC1=O. The highest BCUT2D eigenvalue weighted by Gasteiger charge is 2.34. The van der Waals surface area contributed by atoms with Crippen LogP contribution in [0.1, 0.15) is 38.5 Å². The van der Waals surface area contributed by atoms with Crippen LogP contribution in [0.3, 0.4) is 0 Å². The summed E-state index contributed by atoms with van der Waals surface area (Å²) in [4.78, 5) is 27.2. The van der Waals surface area contributed by atoms with Crippen molar-refractivity contribution in [1.29, 1.82) is 0 Å². The van der Waals surface area contributed by atoms with Crippen molar-refractivity contribution in [2.45, 2.75) is 38.5 Å². The van der Waals surface area contributed by atoms with Crippen LogP contribution in [0.2, 0.25) is 0 Å². The first-order valence-corrected chi connectivity index (χ1v) is 7.07. The van der Waals surface area contributed by atoms with Gasteiger partial charge in [-0.1, -0.05) is 19.3 Å². The Morgan fingerprint density at radius 3 is 2.56 bits per heavy atom. The van der Waals surface area contributed by atoms with Crippen LogP contribution in [0.25, 0.3) is 0 Å². The standard InChI is InChI=1S/C14H24N2O2/c1-15-10-12(8-13(15)17)14(18)16(2)9-11-6-4-3-5-7-11/h11-12H,3-10H2,1-2H3. The van der Waals surface area contributed by atoms with Gasteiger partial charge in [-0.2, -0.15) is 0 Å². The molecule has 0 N–H and O–H groups in total. The molecule has 4 nitrogen and oxygen atoms in total. The monoisotopic (exact) mass is 252 g/mol. The number of amides is 2. The third-order valence-electron chi connectivity index (χ3n) is 4.32. The van der Waals surface area contributed by atoms with Crippen molar-refractivity contribution in [2.24, 2.45) is 11.8 Å². The summed E-state index contributed by atoms with van der Waals surface area (Å²) < 4.78 is 0. The Morgan fingerprint density at radius 1 is 1.33 bits per heavy atom. The lowest BCUT2D eigenvalue weighted by molar-refractivity contribution is -0.135. The van der Waals surface area contributed by atoms with Gasteiger partial charge in [0.2, 0.25) is 11.8 Å². The van der Waals surface area contributed by atoms with Gasteiger partial charge in [-0.3, -0.25) is 9.59 Å². The van der Waals surface area contributed by atoms with E-state index >= 15 is 0 Å². The van der Waals surface area contributed by atoms with Crippen LogP contribution in [-0.4, -0.2) is 48.8 Å². The lowest BCUT2D eigenvalue weighted by Gasteiger charge is -2.28. The molecule has 102 valence electrons. The van der Waals surface area contributed by atoms with E-state index in [1.165, 1.54) is 32.1 Å². The molecule has 1 unspecified atom stereocenters. The highest BCUT2D eigenvalue weighted by Crippen LogP contribution is 2.25. The number of likely N-dealkylation sites (tertiary alicyclic amines) is 1. The van der Waals surface area contributed by atoms with Crippen molar-refractivity contribution < 1.29 is 9.59 Å². The average molecular weight is 252 g/mol. The summed E-state index contributed by atoms with van der Waals surface area (Å²) >= 11 is 0. The highest BCUT2D eigenvalue weighted by atomic mass is 16.2. The van der Waals surface area contributed by atoms with Gasteiger partial charge in [0, 0.05) is 33.6 Å². The van der Waals surface area contributed by atoms with E-state index in [2.05, 4.69) is 0 Å². The summed E-state index contributed by atoms with van der Waals surface area (Å²) in [5.74, 6) is 0.802. The molecule has 1 atom stereocenters. The van der Waals surface area contributed by atoms with Crippen molar-refractivity contribution in [3.05, 3.63) is 0 Å². The zero-order valence-electron chi connectivity index (χ0n) is 11.5. The second kappa shape index (κ2) is 5.72. The quantitative estimate of drug-likeness (QED) is 0.764. The van der Waals surface area contributed by atoms with E-state index in [-0.39, 0.29) is 17.7 Å². The molecule has 1 saturated carbocycles. The van der Waals surface area contributed by atoms with Gasteiger partial charge >= 0.3 is 0 Å². The van der Waals surface area contributed by atoms with E-state index < -0.39 is 0 Å². The zero-order valence-corrected chi connectivity index (χ0v) is 11.5. The average Bonchev–Trinajstić information content (AvgIpc) is 2.70. The molecule has 2 aliphatic rings. The van der Waals surface area contributed by atoms with Gasteiger partial charge in [0.05, 0.1) is 5.92 Å². The number of carbonyl (C=O) groups excluding carboxylic acids is 2. The van der Waals surface area contributed by atoms with E-state index in [4.69, 9.17) is 0 Å². The molecule has 0 aromatic carbocycles. The van der Waals surface area contributed by atoms with Gasteiger partial charge in [0.15, 0.2) is 0 Å². The van der Waals surface area contributed by atoms with E-state index in [0.29, 0.717) is 18.9 Å². The van der Waals surface area contributed by atoms with Crippen LogP contribution in [0.4, 0.5) is 0 Å². The lowest BCUT2D eigenvalue weighted by atomic mass is 9.89. The first-order chi connectivity index (χ1) is 8.58. The predicted octanol–water partition coefficient (Wildman–Crippen LogP) is 1.50. The number of rotatable bonds is 3. The first kappa shape index (κ1) is 13.4. The minimum absolute atomic E-state index is 0.0967. The van der Waals surface area contributed by atoms with Crippen molar-refractivity contribution in [2.75, 3.05) is 27.2 Å². The number of hydrogen-bond donors (Lipinski definition) is 0. The second-order valence-corrected chi connectivity index (χ2v) is 5.90. The van der Waals surface area contributed by atoms with Gasteiger partial charge in [0.1, 0.15) is 0 Å². The molecule has 0 spiro atoms. The maximum absolute atomic E-state index is 12.3. The third kappa shape index (κ3) is 3.03. The van der Waals surface area contributed by atoms with Crippen molar-refractivity contribution in [1.82, 2.24) is 9.80 Å². The van der Waals surface area contributed by atoms with Crippen molar-refractivity contribution in [3.63, 3.8) is 0 Å². The fraction of sp³-hybridized carbons (Fsp3) is 0.857. The van der Waals surface area contributed by atoms with Crippen molar-refractivity contribution in [3.8, 4) is 0 Å². The topological polar surface area (TPSA) is 40.6 Å². The Labute approximate surface area is 109 Å². The van der Waals surface area contributed by atoms with Crippen LogP contribution < -0.4 is 0 Å². The predicted molar refractivity (Wildman–Crippen MR) is 70.0 cm³/mol. The van der Waals surface area contributed by atoms with Gasteiger partial charge in [0.25, 0.3) is 0 Å². The second-order valence-electron chi connectivity index (χ2n) is 5.90. The molecule has 4 heteroatoms. The summed E-state index contributed by atoms with van der Waals surface area (Å²) in [5.41, 5.74) is 0. The van der Waals surface area contributed by atoms with Crippen LogP contribution in [0.5, 0.6) is 0 Å². The van der Waals surface area contributed by atoms with Gasteiger partial charge in [-0.05, 0) is 18.8 Å². The van der Waals surface area contributed by atoms with Crippen molar-refractivity contribution >= 4 is 11.8 Å². The molecule has 0 aromatic heterocycles. The maximum Gasteiger partial charge on any atom is 0.227 e. The van der Waals surface area contributed by atoms with Gasteiger partial charge in [-0.15, -0.1) is 0 Å². The number of hydrogen-bond acceptors (Lipinski definition) is 2. The van der Waals surface area contributed by atoms with E-state index in [1.54, 1.807) is 11.9 Å². The Hall–Kier alpha value is -1.06. The maximum atomic E-state index is 12.3. The van der Waals surface area contributed by atoms with Crippen LogP contribution in [0.15, 0.2) is 0 Å². The smallest absolute Gasteiger partial charge is 0.227 e. The molecule has 0 aromatic rings. The first-order valence-electron chi connectivity index (χ1n) is 7.07. The molecule has 0 radical (unpaired) electrons. The molecule has 2 fully saturated rings. The lowest BCUT2D eigenvalue weighted by Crippen LogP contribution is -2.37. The van der Waals surface area contributed by atoms with Gasteiger partial charge < -0.3 is 9.80 Å². The van der Waals surface area contributed by atoms with Crippen LogP contribution >= 0.6 is 0 Å². The largest absolute Gasteiger partial charge is 0.345 e. The molecule has 1 aliphatic carbocycles. The summed E-state index contributed by atoms with van der Waals surface area (Å²) in [7, 11) is 3.66. The molecule has 2 rings (SSSR count). The van der Waals surface area contributed by atoms with E-state index in [0.717, 1.165) is 6.54 Å². The molecule has 1 heterocycles. The molecule has 1 saturated heterocycles. The molecule has 2 amide bonds. The van der Waals surface area contributed by atoms with E-state index in [9.17, 15) is 9.59 Å². The Kier molecular flexibility index (Phi) is 4.25.